The molecule has 0 radical (unpaired) electrons. The maximum Gasteiger partial charge on any atom is 0.216 e. The summed E-state index contributed by atoms with van der Waals surface area (Å²) in [5.41, 5.74) is 0. The van der Waals surface area contributed by atoms with Crippen LogP contribution in [0.25, 0.3) is 0 Å². The monoisotopic (exact) mass is 340 g/mol. The van der Waals surface area contributed by atoms with E-state index in [1.807, 2.05) is 18.5 Å². The van der Waals surface area contributed by atoms with E-state index in [4.69, 9.17) is 4.74 Å². The van der Waals surface area contributed by atoms with E-state index >= 15 is 0 Å². The molecule has 4 rings (SSSR count). The summed E-state index contributed by atoms with van der Waals surface area (Å²) in [6, 6.07) is 0.106. The van der Waals surface area contributed by atoms with E-state index in [1.165, 1.54) is 12.8 Å². The first-order chi connectivity index (χ1) is 10.9. The molecule has 3 aliphatic rings. The molecule has 2 saturated heterocycles. The zero-order chi connectivity index (χ0) is 16.2. The number of rotatable bonds is 5. The Kier molecular flexibility index (Phi) is 3.73. The lowest BCUT2D eigenvalue weighted by Crippen LogP contribution is -2.52. The maximum absolute atomic E-state index is 12.5. The van der Waals surface area contributed by atoms with Crippen LogP contribution >= 0.6 is 0 Å². The number of hydrogen-bond acceptors (Lipinski definition) is 5. The number of aryl methyl sites for hydroxylation is 2. The van der Waals surface area contributed by atoms with Gasteiger partial charge < -0.3 is 4.74 Å². The van der Waals surface area contributed by atoms with Crippen molar-refractivity contribution in [1.29, 1.82) is 0 Å². The lowest BCUT2D eigenvalue weighted by molar-refractivity contribution is 0.0434. The molecule has 2 atom stereocenters. The van der Waals surface area contributed by atoms with Crippen LogP contribution in [0.1, 0.15) is 43.4 Å². The van der Waals surface area contributed by atoms with Crippen LogP contribution in [0.5, 0.6) is 0 Å². The molecule has 2 unspecified atom stereocenters. The van der Waals surface area contributed by atoms with Crippen LogP contribution in [0, 0.1) is 19.8 Å². The molecule has 2 aliphatic heterocycles. The smallest absolute Gasteiger partial charge is 0.216 e. The number of aromatic nitrogens is 3. The molecule has 8 heteroatoms. The second kappa shape index (κ2) is 5.53. The van der Waals surface area contributed by atoms with Crippen LogP contribution in [-0.2, 0) is 14.8 Å². The first-order valence-electron chi connectivity index (χ1n) is 8.45. The fraction of sp³-hybridized carbons (Fsp3) is 0.867. The highest BCUT2D eigenvalue weighted by Gasteiger charge is 2.42. The molecule has 0 aromatic carbocycles. The Labute approximate surface area is 137 Å². The third-order valence-corrected chi connectivity index (χ3v) is 7.04. The van der Waals surface area contributed by atoms with Gasteiger partial charge in [-0.3, -0.25) is 0 Å². The molecule has 1 aliphatic carbocycles. The molecule has 0 spiro atoms. The lowest BCUT2D eigenvalue weighted by Gasteiger charge is -2.38. The Balaban J connectivity index is 1.33. The average molecular weight is 340 g/mol. The van der Waals surface area contributed by atoms with E-state index < -0.39 is 10.0 Å². The summed E-state index contributed by atoms with van der Waals surface area (Å²) in [6.07, 6.45) is 4.56. The predicted molar refractivity (Wildman–Crippen MR) is 84.5 cm³/mol. The topological polar surface area (TPSA) is 77.3 Å². The van der Waals surface area contributed by atoms with Gasteiger partial charge in [0.2, 0.25) is 10.0 Å². The first-order valence-corrected chi connectivity index (χ1v) is 10.1. The summed E-state index contributed by atoms with van der Waals surface area (Å²) in [6.45, 7) is 4.74. The molecule has 1 saturated carbocycles. The standard InChI is InChI=1S/C15H24N4O3S/c1-10-16-11(2)19(17-10)13-7-18(8-13)23(20,21)9-14-5-6-15(22-14)12-3-4-12/h12-15H,3-9H2,1-2H3. The third kappa shape index (κ3) is 3.04. The van der Waals surface area contributed by atoms with E-state index in [2.05, 4.69) is 10.1 Å². The second-order valence-electron chi connectivity index (χ2n) is 7.11. The summed E-state index contributed by atoms with van der Waals surface area (Å²) in [4.78, 5) is 4.28. The molecule has 3 fully saturated rings. The first kappa shape index (κ1) is 15.5. The minimum Gasteiger partial charge on any atom is -0.374 e. The quantitative estimate of drug-likeness (QED) is 0.800. The lowest BCUT2D eigenvalue weighted by atomic mass is 10.1. The third-order valence-electron chi connectivity index (χ3n) is 5.16. The van der Waals surface area contributed by atoms with Crippen molar-refractivity contribution in [2.24, 2.45) is 5.92 Å². The Bertz CT molecular complexity index is 692. The molecule has 1 aromatic rings. The largest absolute Gasteiger partial charge is 0.374 e. The summed E-state index contributed by atoms with van der Waals surface area (Å²) in [7, 11) is -3.24. The molecular weight excluding hydrogens is 316 g/mol. The number of nitrogens with zero attached hydrogens (tertiary/aromatic N) is 4. The minimum absolute atomic E-state index is 0.106. The molecule has 128 valence electrons. The van der Waals surface area contributed by atoms with Crippen molar-refractivity contribution in [3.05, 3.63) is 11.6 Å². The predicted octanol–water partition coefficient (Wildman–Crippen LogP) is 1.04. The van der Waals surface area contributed by atoms with Gasteiger partial charge in [0.1, 0.15) is 11.6 Å². The average Bonchev–Trinajstić information content (AvgIpc) is 3.08. The van der Waals surface area contributed by atoms with Gasteiger partial charge in [-0.05, 0) is 45.4 Å². The molecule has 1 aromatic heterocycles. The highest BCUT2D eigenvalue weighted by molar-refractivity contribution is 7.89. The molecule has 7 nitrogen and oxygen atoms in total. The van der Waals surface area contributed by atoms with E-state index in [-0.39, 0.29) is 17.9 Å². The molecule has 0 bridgehead atoms. The normalized spacial score (nSPS) is 29.8. The minimum atomic E-state index is -3.24. The molecule has 23 heavy (non-hydrogen) atoms. The van der Waals surface area contributed by atoms with Crippen LogP contribution in [-0.4, -0.2) is 58.5 Å². The van der Waals surface area contributed by atoms with Crippen LogP contribution < -0.4 is 0 Å². The van der Waals surface area contributed by atoms with Gasteiger partial charge in [0.05, 0.1) is 24.0 Å². The Morgan fingerprint density at radius 1 is 1.17 bits per heavy atom. The molecule has 0 N–H and O–H groups in total. The highest BCUT2D eigenvalue weighted by atomic mass is 32.2. The van der Waals surface area contributed by atoms with Gasteiger partial charge in [0.25, 0.3) is 0 Å². The van der Waals surface area contributed by atoms with E-state index in [0.29, 0.717) is 25.1 Å². The van der Waals surface area contributed by atoms with Gasteiger partial charge in [-0.1, -0.05) is 0 Å². The van der Waals surface area contributed by atoms with Gasteiger partial charge in [-0.25, -0.2) is 18.1 Å². The van der Waals surface area contributed by atoms with Crippen molar-refractivity contribution in [2.75, 3.05) is 18.8 Å². The molecule has 3 heterocycles. The fourth-order valence-corrected chi connectivity index (χ4v) is 5.42. The van der Waals surface area contributed by atoms with Crippen molar-refractivity contribution in [3.63, 3.8) is 0 Å². The summed E-state index contributed by atoms with van der Waals surface area (Å²) < 4.78 is 34.4. The molecule has 0 amide bonds. The number of ether oxygens (including phenoxy) is 1. The Morgan fingerprint density at radius 2 is 1.91 bits per heavy atom. The fourth-order valence-electron chi connectivity index (χ4n) is 3.69. The van der Waals surface area contributed by atoms with Crippen molar-refractivity contribution in [2.45, 2.75) is 57.8 Å². The highest BCUT2D eigenvalue weighted by Crippen LogP contribution is 2.40. The van der Waals surface area contributed by atoms with Crippen LogP contribution in [0.4, 0.5) is 0 Å². The second-order valence-corrected chi connectivity index (χ2v) is 9.13. The van der Waals surface area contributed by atoms with Gasteiger partial charge in [0, 0.05) is 13.1 Å². The zero-order valence-corrected chi connectivity index (χ0v) is 14.5. The van der Waals surface area contributed by atoms with Gasteiger partial charge in [-0.2, -0.15) is 9.40 Å². The van der Waals surface area contributed by atoms with Crippen molar-refractivity contribution < 1.29 is 13.2 Å². The molecular formula is C15H24N4O3S. The summed E-state index contributed by atoms with van der Waals surface area (Å²) in [5, 5.41) is 4.35. The van der Waals surface area contributed by atoms with Crippen molar-refractivity contribution in [3.8, 4) is 0 Å². The Hall–Kier alpha value is -0.990. The van der Waals surface area contributed by atoms with E-state index in [0.717, 1.165) is 24.5 Å². The van der Waals surface area contributed by atoms with Crippen LogP contribution in [0.15, 0.2) is 0 Å². The zero-order valence-electron chi connectivity index (χ0n) is 13.7. The van der Waals surface area contributed by atoms with Crippen LogP contribution in [0.2, 0.25) is 0 Å². The van der Waals surface area contributed by atoms with Crippen molar-refractivity contribution in [1.82, 2.24) is 19.1 Å². The van der Waals surface area contributed by atoms with Gasteiger partial charge in [0.15, 0.2) is 0 Å². The van der Waals surface area contributed by atoms with Gasteiger partial charge >= 0.3 is 0 Å². The summed E-state index contributed by atoms with van der Waals surface area (Å²) >= 11 is 0. The van der Waals surface area contributed by atoms with Gasteiger partial charge in [-0.15, -0.1) is 0 Å². The summed E-state index contributed by atoms with van der Waals surface area (Å²) in [5.74, 6) is 2.39. The van der Waals surface area contributed by atoms with Crippen molar-refractivity contribution >= 4 is 10.0 Å². The van der Waals surface area contributed by atoms with Crippen LogP contribution in [0.3, 0.4) is 0 Å². The maximum atomic E-state index is 12.5. The number of sulfonamides is 1. The van der Waals surface area contributed by atoms with E-state index in [1.54, 1.807) is 4.31 Å². The van der Waals surface area contributed by atoms with E-state index in [9.17, 15) is 8.42 Å². The Morgan fingerprint density at radius 3 is 2.52 bits per heavy atom. The number of hydrogen-bond donors (Lipinski definition) is 0. The SMILES string of the molecule is Cc1nc(C)n(C2CN(S(=O)(=O)CC3CCC(C4CC4)O3)C2)n1.